The van der Waals surface area contributed by atoms with E-state index in [-0.39, 0.29) is 0 Å². The van der Waals surface area contributed by atoms with Crippen LogP contribution in [0, 0.1) is 12.8 Å². The fourth-order valence-corrected chi connectivity index (χ4v) is 1.84. The number of rotatable bonds is 2. The maximum atomic E-state index is 5.45. The van der Waals surface area contributed by atoms with Crippen LogP contribution in [-0.4, -0.2) is 18.1 Å². The molecule has 2 rings (SSSR count). The maximum absolute atomic E-state index is 5.45. The number of piperidine rings is 1. The van der Waals surface area contributed by atoms with Crippen molar-refractivity contribution < 1.29 is 4.42 Å². The summed E-state index contributed by atoms with van der Waals surface area (Å²) in [4.78, 5) is 4.22. The van der Waals surface area contributed by atoms with Crippen molar-refractivity contribution in [3.05, 3.63) is 17.8 Å². The second kappa shape index (κ2) is 3.92. The second-order valence-electron chi connectivity index (χ2n) is 3.78. The molecule has 1 fully saturated rings. The molecule has 1 unspecified atom stereocenters. The van der Waals surface area contributed by atoms with Crippen molar-refractivity contribution in [2.45, 2.75) is 26.2 Å². The van der Waals surface area contributed by atoms with Gasteiger partial charge in [-0.15, -0.1) is 0 Å². The lowest BCUT2D eigenvalue weighted by atomic mass is 9.96. The van der Waals surface area contributed by atoms with Crippen LogP contribution in [0.15, 0.2) is 10.6 Å². The summed E-state index contributed by atoms with van der Waals surface area (Å²) < 4.78 is 5.45. The molecule has 0 aliphatic carbocycles. The molecule has 13 heavy (non-hydrogen) atoms. The molecule has 1 aromatic rings. The van der Waals surface area contributed by atoms with Gasteiger partial charge < -0.3 is 9.73 Å². The molecule has 1 aliphatic heterocycles. The third-order valence-corrected chi connectivity index (χ3v) is 2.53. The molecule has 0 spiro atoms. The van der Waals surface area contributed by atoms with E-state index >= 15 is 0 Å². The highest BCUT2D eigenvalue weighted by Gasteiger charge is 2.15. The normalized spacial score (nSPS) is 23.3. The Morgan fingerprint density at radius 2 is 2.62 bits per heavy atom. The van der Waals surface area contributed by atoms with Gasteiger partial charge in [-0.25, -0.2) is 4.98 Å². The van der Waals surface area contributed by atoms with E-state index in [9.17, 15) is 0 Å². The van der Waals surface area contributed by atoms with E-state index in [0.29, 0.717) is 5.92 Å². The van der Waals surface area contributed by atoms with Gasteiger partial charge >= 0.3 is 0 Å². The van der Waals surface area contributed by atoms with E-state index in [0.717, 1.165) is 24.6 Å². The van der Waals surface area contributed by atoms with Crippen molar-refractivity contribution >= 4 is 0 Å². The fraction of sp³-hybridized carbons (Fsp3) is 0.700. The number of aromatic nitrogens is 1. The molecule has 1 saturated heterocycles. The summed E-state index contributed by atoms with van der Waals surface area (Å²) in [7, 11) is 0. The molecule has 1 aliphatic rings. The Morgan fingerprint density at radius 1 is 1.69 bits per heavy atom. The number of aryl methyl sites for hydroxylation is 1. The first-order valence-electron chi connectivity index (χ1n) is 4.96. The summed E-state index contributed by atoms with van der Waals surface area (Å²) >= 11 is 0. The van der Waals surface area contributed by atoms with Crippen LogP contribution >= 0.6 is 0 Å². The molecule has 3 nitrogen and oxygen atoms in total. The first-order chi connectivity index (χ1) is 6.34. The maximum Gasteiger partial charge on any atom is 0.194 e. The quantitative estimate of drug-likeness (QED) is 0.750. The number of oxazole rings is 1. The Labute approximate surface area is 78.5 Å². The summed E-state index contributed by atoms with van der Waals surface area (Å²) in [6.45, 7) is 4.22. The van der Waals surface area contributed by atoms with Gasteiger partial charge in [-0.3, -0.25) is 0 Å². The molecular weight excluding hydrogens is 164 g/mol. The summed E-state index contributed by atoms with van der Waals surface area (Å²) in [5.74, 6) is 2.52. The lowest BCUT2D eigenvalue weighted by molar-refractivity contribution is 0.342. The van der Waals surface area contributed by atoms with Gasteiger partial charge in [0.1, 0.15) is 5.76 Å². The molecule has 0 bridgehead atoms. The second-order valence-corrected chi connectivity index (χ2v) is 3.78. The van der Waals surface area contributed by atoms with Crippen molar-refractivity contribution in [2.75, 3.05) is 13.1 Å². The molecule has 72 valence electrons. The predicted octanol–water partition coefficient (Wildman–Crippen LogP) is 1.53. The Balaban J connectivity index is 1.89. The van der Waals surface area contributed by atoms with E-state index in [2.05, 4.69) is 10.3 Å². The minimum atomic E-state index is 0.715. The lowest BCUT2D eigenvalue weighted by Crippen LogP contribution is -2.30. The first kappa shape index (κ1) is 8.75. The van der Waals surface area contributed by atoms with Gasteiger partial charge in [0.15, 0.2) is 5.89 Å². The number of hydrogen-bond donors (Lipinski definition) is 1. The SMILES string of the molecule is Cc1cnc(CC2CCCNC2)o1. The molecular formula is C10H16N2O. The zero-order valence-corrected chi connectivity index (χ0v) is 8.05. The van der Waals surface area contributed by atoms with Gasteiger partial charge in [0.2, 0.25) is 0 Å². The lowest BCUT2D eigenvalue weighted by Gasteiger charge is -2.21. The van der Waals surface area contributed by atoms with Crippen LogP contribution < -0.4 is 5.32 Å². The van der Waals surface area contributed by atoms with Crippen LogP contribution in [0.1, 0.15) is 24.5 Å². The third kappa shape index (κ3) is 2.31. The Kier molecular flexibility index (Phi) is 2.64. The summed E-state index contributed by atoms with van der Waals surface area (Å²) in [5.41, 5.74) is 0. The van der Waals surface area contributed by atoms with E-state index in [1.54, 1.807) is 6.20 Å². The molecule has 1 aromatic heterocycles. The Bertz CT molecular complexity index is 264. The van der Waals surface area contributed by atoms with Gasteiger partial charge in [0, 0.05) is 6.42 Å². The number of hydrogen-bond acceptors (Lipinski definition) is 3. The van der Waals surface area contributed by atoms with Crippen LogP contribution in [-0.2, 0) is 6.42 Å². The molecule has 1 N–H and O–H groups in total. The minimum absolute atomic E-state index is 0.715. The third-order valence-electron chi connectivity index (χ3n) is 2.53. The number of nitrogens with one attached hydrogen (secondary N) is 1. The average molecular weight is 180 g/mol. The standard InChI is InChI=1S/C10H16N2O/c1-8-6-12-10(13-8)5-9-3-2-4-11-7-9/h6,9,11H,2-5,7H2,1H3. The molecule has 2 heterocycles. The predicted molar refractivity (Wildman–Crippen MR) is 50.5 cm³/mol. The van der Waals surface area contributed by atoms with Crippen LogP contribution in [0.25, 0.3) is 0 Å². The van der Waals surface area contributed by atoms with Crippen molar-refractivity contribution in [1.29, 1.82) is 0 Å². The van der Waals surface area contributed by atoms with Crippen molar-refractivity contribution in [2.24, 2.45) is 5.92 Å². The average Bonchev–Trinajstić information content (AvgIpc) is 2.53. The van der Waals surface area contributed by atoms with E-state index in [1.807, 2.05) is 6.92 Å². The topological polar surface area (TPSA) is 38.1 Å². The van der Waals surface area contributed by atoms with Crippen LogP contribution in [0.3, 0.4) is 0 Å². The number of nitrogens with zero attached hydrogens (tertiary/aromatic N) is 1. The first-order valence-corrected chi connectivity index (χ1v) is 4.96. The van der Waals surface area contributed by atoms with Gasteiger partial charge in [0.05, 0.1) is 6.20 Å². The van der Waals surface area contributed by atoms with Crippen LogP contribution in [0.5, 0.6) is 0 Å². The van der Waals surface area contributed by atoms with Crippen LogP contribution in [0.2, 0.25) is 0 Å². The van der Waals surface area contributed by atoms with Crippen LogP contribution in [0.4, 0.5) is 0 Å². The molecule has 3 heteroatoms. The van der Waals surface area contributed by atoms with Gasteiger partial charge in [0.25, 0.3) is 0 Å². The van der Waals surface area contributed by atoms with Gasteiger partial charge in [-0.2, -0.15) is 0 Å². The van der Waals surface area contributed by atoms with Crippen molar-refractivity contribution in [3.8, 4) is 0 Å². The zero-order chi connectivity index (χ0) is 9.10. The van der Waals surface area contributed by atoms with E-state index in [4.69, 9.17) is 4.42 Å². The van der Waals surface area contributed by atoms with Crippen molar-refractivity contribution in [1.82, 2.24) is 10.3 Å². The molecule has 0 aromatic carbocycles. The fourth-order valence-electron chi connectivity index (χ4n) is 1.84. The highest BCUT2D eigenvalue weighted by Crippen LogP contribution is 2.15. The van der Waals surface area contributed by atoms with Gasteiger partial charge in [-0.1, -0.05) is 0 Å². The molecule has 0 saturated carbocycles. The molecule has 0 radical (unpaired) electrons. The van der Waals surface area contributed by atoms with Crippen molar-refractivity contribution in [3.63, 3.8) is 0 Å². The Hall–Kier alpha value is -0.830. The monoisotopic (exact) mass is 180 g/mol. The highest BCUT2D eigenvalue weighted by molar-refractivity contribution is 4.92. The van der Waals surface area contributed by atoms with Gasteiger partial charge in [-0.05, 0) is 38.8 Å². The summed E-state index contributed by atoms with van der Waals surface area (Å²) in [5, 5.41) is 3.39. The van der Waals surface area contributed by atoms with E-state index < -0.39 is 0 Å². The summed E-state index contributed by atoms with van der Waals surface area (Å²) in [6, 6.07) is 0. The summed E-state index contributed by atoms with van der Waals surface area (Å²) in [6.07, 6.45) is 5.37. The highest BCUT2D eigenvalue weighted by atomic mass is 16.3. The molecule has 0 amide bonds. The van der Waals surface area contributed by atoms with E-state index in [1.165, 1.54) is 19.4 Å². The minimum Gasteiger partial charge on any atom is -0.446 e. The zero-order valence-electron chi connectivity index (χ0n) is 8.05. The largest absolute Gasteiger partial charge is 0.446 e. The smallest absolute Gasteiger partial charge is 0.194 e. The Morgan fingerprint density at radius 3 is 3.23 bits per heavy atom. The molecule has 1 atom stereocenters.